The van der Waals surface area contributed by atoms with Crippen molar-refractivity contribution in [1.82, 2.24) is 10.2 Å². The summed E-state index contributed by atoms with van der Waals surface area (Å²) in [6.45, 7) is 0. The van der Waals surface area contributed by atoms with Gasteiger partial charge in [-0.3, -0.25) is 5.43 Å². The van der Waals surface area contributed by atoms with Crippen LogP contribution in [0.15, 0.2) is 58.6 Å². The molecule has 0 bridgehead atoms. The Morgan fingerprint density at radius 3 is 2.04 bits per heavy atom. The van der Waals surface area contributed by atoms with Gasteiger partial charge in [-0.05, 0) is 59.7 Å². The molecule has 120 valence electrons. The molecule has 0 saturated carbocycles. The zero-order valence-corrected chi connectivity index (χ0v) is 13.2. The van der Waals surface area contributed by atoms with Crippen molar-refractivity contribution in [3.63, 3.8) is 0 Å². The Bertz CT molecular complexity index is 857. The van der Waals surface area contributed by atoms with E-state index in [1.165, 1.54) is 11.3 Å². The minimum Gasteiger partial charge on any atom is -0.508 e. The van der Waals surface area contributed by atoms with Crippen molar-refractivity contribution < 1.29 is 10.2 Å². The van der Waals surface area contributed by atoms with Crippen LogP contribution in [0.3, 0.4) is 0 Å². The summed E-state index contributed by atoms with van der Waals surface area (Å²) in [5.41, 5.74) is 4.47. The molecule has 3 rings (SSSR count). The lowest BCUT2D eigenvalue weighted by atomic mass is 10.2. The highest BCUT2D eigenvalue weighted by Gasteiger charge is 2.00. The maximum absolute atomic E-state index is 9.22. The van der Waals surface area contributed by atoms with Gasteiger partial charge in [-0.2, -0.15) is 5.10 Å². The number of rotatable bonds is 5. The van der Waals surface area contributed by atoms with E-state index in [-0.39, 0.29) is 11.5 Å². The van der Waals surface area contributed by atoms with Gasteiger partial charge in [-0.1, -0.05) is 11.3 Å². The van der Waals surface area contributed by atoms with Gasteiger partial charge in [0.15, 0.2) is 0 Å². The molecule has 0 saturated heterocycles. The highest BCUT2D eigenvalue weighted by atomic mass is 32.1. The molecule has 3 N–H and O–H groups in total. The van der Waals surface area contributed by atoms with Crippen molar-refractivity contribution in [1.29, 1.82) is 0 Å². The summed E-state index contributed by atoms with van der Waals surface area (Å²) in [6, 6.07) is 13.3. The van der Waals surface area contributed by atoms with Crippen LogP contribution in [-0.4, -0.2) is 32.8 Å². The Hall–Kier alpha value is -3.26. The normalized spacial score (nSPS) is 11.3. The molecule has 0 amide bonds. The number of hydrogen-bond donors (Lipinski definition) is 3. The van der Waals surface area contributed by atoms with E-state index in [0.717, 1.165) is 11.1 Å². The molecular formula is C16H13N5O2S. The molecule has 24 heavy (non-hydrogen) atoms. The molecule has 3 aromatic rings. The molecule has 0 spiro atoms. The van der Waals surface area contributed by atoms with Gasteiger partial charge < -0.3 is 10.2 Å². The lowest BCUT2D eigenvalue weighted by Crippen LogP contribution is -1.89. The first kappa shape index (κ1) is 15.6. The fraction of sp³-hybridized carbons (Fsp3) is 0. The van der Waals surface area contributed by atoms with Gasteiger partial charge in [-0.25, -0.2) is 4.99 Å². The van der Waals surface area contributed by atoms with Gasteiger partial charge in [0, 0.05) is 6.21 Å². The summed E-state index contributed by atoms with van der Waals surface area (Å²) < 4.78 is 0. The van der Waals surface area contributed by atoms with E-state index in [0.29, 0.717) is 10.3 Å². The van der Waals surface area contributed by atoms with Crippen molar-refractivity contribution in [2.45, 2.75) is 0 Å². The molecule has 0 aliphatic carbocycles. The molecule has 2 aromatic carbocycles. The van der Waals surface area contributed by atoms with Crippen LogP contribution in [0.4, 0.5) is 10.3 Å². The summed E-state index contributed by atoms with van der Waals surface area (Å²) in [6.07, 6.45) is 3.25. The summed E-state index contributed by atoms with van der Waals surface area (Å²) in [4.78, 5) is 4.22. The number of anilines is 1. The Morgan fingerprint density at radius 1 is 0.833 bits per heavy atom. The van der Waals surface area contributed by atoms with Crippen molar-refractivity contribution >= 4 is 34.0 Å². The van der Waals surface area contributed by atoms with E-state index >= 15 is 0 Å². The van der Waals surface area contributed by atoms with E-state index in [9.17, 15) is 10.2 Å². The first-order valence-electron chi connectivity index (χ1n) is 6.94. The molecule has 0 radical (unpaired) electrons. The molecule has 0 aliphatic rings. The highest BCUT2D eigenvalue weighted by molar-refractivity contribution is 7.18. The Balaban J connectivity index is 1.59. The lowest BCUT2D eigenvalue weighted by Gasteiger charge is -1.94. The van der Waals surface area contributed by atoms with E-state index < -0.39 is 0 Å². The molecule has 7 nitrogen and oxygen atoms in total. The fourth-order valence-electron chi connectivity index (χ4n) is 1.73. The van der Waals surface area contributed by atoms with Crippen LogP contribution in [0.2, 0.25) is 0 Å². The number of phenols is 2. The zero-order chi connectivity index (χ0) is 16.8. The number of nitrogens with one attached hydrogen (secondary N) is 1. The van der Waals surface area contributed by atoms with Crippen molar-refractivity contribution in [2.24, 2.45) is 10.1 Å². The Kier molecular flexibility index (Phi) is 4.78. The first-order valence-corrected chi connectivity index (χ1v) is 7.75. The monoisotopic (exact) mass is 339 g/mol. The minimum atomic E-state index is 0.209. The quantitative estimate of drug-likeness (QED) is 0.489. The molecule has 8 heteroatoms. The maximum atomic E-state index is 9.22. The Morgan fingerprint density at radius 2 is 1.42 bits per heavy atom. The first-order chi connectivity index (χ1) is 11.7. The van der Waals surface area contributed by atoms with E-state index in [2.05, 4.69) is 25.7 Å². The largest absolute Gasteiger partial charge is 0.508 e. The number of phenolic OH excluding ortho intramolecular Hbond substituents is 2. The molecule has 0 unspecified atom stereocenters. The summed E-state index contributed by atoms with van der Waals surface area (Å²) in [7, 11) is 0. The van der Waals surface area contributed by atoms with Crippen molar-refractivity contribution in [3.05, 3.63) is 59.7 Å². The van der Waals surface area contributed by atoms with Crippen LogP contribution in [0.5, 0.6) is 11.5 Å². The molecule has 1 aromatic heterocycles. The molecule has 0 atom stereocenters. The van der Waals surface area contributed by atoms with Crippen LogP contribution in [0, 0.1) is 0 Å². The number of aliphatic imine (C=N–C) groups is 1. The predicted octanol–water partition coefficient (Wildman–Crippen LogP) is 3.15. The standard InChI is InChI=1S/C16H13N5O2S/c22-13-5-1-11(2-6-13)9-17-15-20-21-16(24-15)19-18-10-12-3-7-14(23)8-4-12/h1-10,22-23H,(H,19,21)/b17-9+,18-10+. The highest BCUT2D eigenvalue weighted by Crippen LogP contribution is 2.22. The molecule has 0 fully saturated rings. The average molecular weight is 339 g/mol. The van der Waals surface area contributed by atoms with Crippen LogP contribution in [0.25, 0.3) is 0 Å². The zero-order valence-electron chi connectivity index (χ0n) is 12.4. The number of aromatic hydroxyl groups is 2. The van der Waals surface area contributed by atoms with Gasteiger partial charge in [0.2, 0.25) is 10.3 Å². The third-order valence-corrected chi connectivity index (χ3v) is 3.63. The second kappa shape index (κ2) is 7.34. The van der Waals surface area contributed by atoms with Gasteiger partial charge in [0.1, 0.15) is 11.5 Å². The molecular weight excluding hydrogens is 326 g/mol. The fourth-order valence-corrected chi connectivity index (χ4v) is 2.27. The lowest BCUT2D eigenvalue weighted by molar-refractivity contribution is 0.475. The summed E-state index contributed by atoms with van der Waals surface area (Å²) in [5, 5.41) is 31.4. The van der Waals surface area contributed by atoms with Crippen LogP contribution >= 0.6 is 11.3 Å². The smallest absolute Gasteiger partial charge is 0.233 e. The topological polar surface area (TPSA) is 103 Å². The van der Waals surface area contributed by atoms with Gasteiger partial charge in [0.25, 0.3) is 0 Å². The number of nitrogens with zero attached hydrogens (tertiary/aromatic N) is 4. The Labute approximate surface area is 141 Å². The minimum absolute atomic E-state index is 0.209. The number of hydrazone groups is 1. The second-order valence-electron chi connectivity index (χ2n) is 4.70. The second-order valence-corrected chi connectivity index (χ2v) is 5.66. The number of hydrogen-bond acceptors (Lipinski definition) is 8. The van der Waals surface area contributed by atoms with E-state index in [1.807, 2.05) is 0 Å². The van der Waals surface area contributed by atoms with Crippen LogP contribution < -0.4 is 5.43 Å². The maximum Gasteiger partial charge on any atom is 0.233 e. The number of aromatic nitrogens is 2. The van der Waals surface area contributed by atoms with Crippen molar-refractivity contribution in [3.8, 4) is 11.5 Å². The summed E-state index contributed by atoms with van der Waals surface area (Å²) in [5.74, 6) is 0.418. The van der Waals surface area contributed by atoms with E-state index in [1.54, 1.807) is 61.0 Å². The van der Waals surface area contributed by atoms with Crippen molar-refractivity contribution in [2.75, 3.05) is 5.43 Å². The molecule has 0 aliphatic heterocycles. The van der Waals surface area contributed by atoms with Gasteiger partial charge in [0.05, 0.1) is 6.21 Å². The van der Waals surface area contributed by atoms with Gasteiger partial charge >= 0.3 is 0 Å². The average Bonchev–Trinajstić information content (AvgIpc) is 3.04. The van der Waals surface area contributed by atoms with Gasteiger partial charge in [-0.15, -0.1) is 10.2 Å². The third-order valence-electron chi connectivity index (χ3n) is 2.90. The SMILES string of the molecule is Oc1ccc(/C=N/Nc2nnc(/N=C/c3ccc(O)cc3)s2)cc1. The van der Waals surface area contributed by atoms with Crippen LogP contribution in [-0.2, 0) is 0 Å². The van der Waals surface area contributed by atoms with E-state index in [4.69, 9.17) is 0 Å². The molecule has 1 heterocycles. The summed E-state index contributed by atoms with van der Waals surface area (Å²) >= 11 is 1.26. The van der Waals surface area contributed by atoms with Crippen LogP contribution in [0.1, 0.15) is 11.1 Å². The number of benzene rings is 2. The predicted molar refractivity (Wildman–Crippen MR) is 94.6 cm³/mol. The third kappa shape index (κ3) is 4.37.